The first-order valence-corrected chi connectivity index (χ1v) is 6.64. The molecule has 20 heavy (non-hydrogen) atoms. The van der Waals surface area contributed by atoms with Crippen LogP contribution in [0.4, 0.5) is 0 Å². The minimum Gasteiger partial charge on any atom is -0.493 e. The summed E-state index contributed by atoms with van der Waals surface area (Å²) >= 11 is 5.95. The fourth-order valence-electron chi connectivity index (χ4n) is 1.85. The third kappa shape index (κ3) is 3.23. The molecule has 1 N–H and O–H groups in total. The van der Waals surface area contributed by atoms with Crippen molar-refractivity contribution in [1.82, 2.24) is 14.9 Å². The Balaban J connectivity index is 2.14. The Morgan fingerprint density at radius 3 is 2.75 bits per heavy atom. The van der Waals surface area contributed by atoms with Gasteiger partial charge in [0, 0.05) is 13.6 Å². The zero-order chi connectivity index (χ0) is 14.5. The van der Waals surface area contributed by atoms with Gasteiger partial charge in [0.15, 0.2) is 11.5 Å². The molecule has 0 amide bonds. The van der Waals surface area contributed by atoms with Crippen molar-refractivity contribution in [2.45, 2.75) is 13.2 Å². The average molecular weight is 296 g/mol. The first-order chi connectivity index (χ1) is 9.65. The first kappa shape index (κ1) is 14.7. The van der Waals surface area contributed by atoms with E-state index in [1.807, 2.05) is 32.3 Å². The van der Waals surface area contributed by atoms with E-state index in [2.05, 4.69) is 10.3 Å². The molecule has 1 heterocycles. The number of methoxy groups -OCH3 is 1. The average Bonchev–Trinajstić information content (AvgIpc) is 2.77. The van der Waals surface area contributed by atoms with Gasteiger partial charge < -0.3 is 19.4 Å². The van der Waals surface area contributed by atoms with E-state index in [1.54, 1.807) is 17.9 Å². The number of ether oxygens (including phenoxy) is 2. The van der Waals surface area contributed by atoms with Gasteiger partial charge in [-0.15, -0.1) is 0 Å². The highest BCUT2D eigenvalue weighted by molar-refractivity contribution is 6.29. The van der Waals surface area contributed by atoms with Gasteiger partial charge in [-0.05, 0) is 24.7 Å². The summed E-state index contributed by atoms with van der Waals surface area (Å²) in [5.74, 6) is 2.15. The van der Waals surface area contributed by atoms with Crippen LogP contribution in [0.15, 0.2) is 24.4 Å². The lowest BCUT2D eigenvalue weighted by Crippen LogP contribution is -2.07. The number of aromatic nitrogens is 2. The molecule has 0 bridgehead atoms. The van der Waals surface area contributed by atoms with Crippen molar-refractivity contribution in [2.75, 3.05) is 14.2 Å². The molecule has 0 fully saturated rings. The summed E-state index contributed by atoms with van der Waals surface area (Å²) in [6.45, 7) is 1.11. The van der Waals surface area contributed by atoms with E-state index in [4.69, 9.17) is 21.1 Å². The van der Waals surface area contributed by atoms with Crippen molar-refractivity contribution in [2.24, 2.45) is 7.05 Å². The predicted octanol–water partition coefficient (Wildman–Crippen LogP) is 2.38. The second kappa shape index (κ2) is 6.63. The first-order valence-electron chi connectivity index (χ1n) is 6.26. The number of rotatable bonds is 6. The van der Waals surface area contributed by atoms with E-state index in [1.165, 1.54) is 0 Å². The van der Waals surface area contributed by atoms with E-state index in [0.717, 1.165) is 17.9 Å². The fourth-order valence-corrected chi connectivity index (χ4v) is 2.00. The molecule has 2 rings (SSSR count). The summed E-state index contributed by atoms with van der Waals surface area (Å²) in [6.07, 6.45) is 1.61. The normalized spacial score (nSPS) is 10.6. The highest BCUT2D eigenvalue weighted by Crippen LogP contribution is 2.28. The summed E-state index contributed by atoms with van der Waals surface area (Å²) in [6, 6.07) is 5.85. The van der Waals surface area contributed by atoms with Crippen molar-refractivity contribution in [3.63, 3.8) is 0 Å². The maximum atomic E-state index is 5.95. The van der Waals surface area contributed by atoms with Crippen LogP contribution in [0, 0.1) is 0 Å². The fraction of sp³-hybridized carbons (Fsp3) is 0.357. The molecule has 0 aliphatic carbocycles. The minimum atomic E-state index is 0.336. The van der Waals surface area contributed by atoms with Crippen LogP contribution >= 0.6 is 11.6 Å². The Hall–Kier alpha value is -1.72. The second-order valence-corrected chi connectivity index (χ2v) is 4.75. The number of imidazole rings is 1. The van der Waals surface area contributed by atoms with Gasteiger partial charge in [0.25, 0.3) is 0 Å². The molecule has 0 aliphatic heterocycles. The highest BCUT2D eigenvalue weighted by Gasteiger charge is 2.09. The molecule has 0 radical (unpaired) electrons. The van der Waals surface area contributed by atoms with Crippen molar-refractivity contribution in [1.29, 1.82) is 0 Å². The molecule has 0 atom stereocenters. The number of nitrogens with zero attached hydrogens (tertiary/aromatic N) is 2. The maximum Gasteiger partial charge on any atom is 0.162 e. The van der Waals surface area contributed by atoms with E-state index in [9.17, 15) is 0 Å². The van der Waals surface area contributed by atoms with Crippen LogP contribution in [0.25, 0.3) is 0 Å². The van der Waals surface area contributed by atoms with Gasteiger partial charge in [0.1, 0.15) is 17.6 Å². The Morgan fingerprint density at radius 1 is 1.35 bits per heavy atom. The van der Waals surface area contributed by atoms with Gasteiger partial charge in [0.2, 0.25) is 0 Å². The smallest absolute Gasteiger partial charge is 0.162 e. The Kier molecular flexibility index (Phi) is 4.87. The Morgan fingerprint density at radius 2 is 2.15 bits per heavy atom. The predicted molar refractivity (Wildman–Crippen MR) is 78.3 cm³/mol. The molecule has 2 aromatic rings. The Bertz CT molecular complexity index is 584. The quantitative estimate of drug-likeness (QED) is 0.889. The molecule has 108 valence electrons. The molecular weight excluding hydrogens is 278 g/mol. The van der Waals surface area contributed by atoms with Gasteiger partial charge in [-0.1, -0.05) is 17.7 Å². The van der Waals surface area contributed by atoms with E-state index >= 15 is 0 Å². The second-order valence-electron chi connectivity index (χ2n) is 4.36. The molecule has 5 nitrogen and oxygen atoms in total. The molecule has 0 aliphatic rings. The largest absolute Gasteiger partial charge is 0.493 e. The monoisotopic (exact) mass is 295 g/mol. The molecule has 1 aromatic heterocycles. The molecule has 6 heteroatoms. The minimum absolute atomic E-state index is 0.336. The zero-order valence-corrected chi connectivity index (χ0v) is 12.6. The summed E-state index contributed by atoms with van der Waals surface area (Å²) < 4.78 is 12.9. The van der Waals surface area contributed by atoms with E-state index < -0.39 is 0 Å². The van der Waals surface area contributed by atoms with Gasteiger partial charge in [0.05, 0.1) is 13.3 Å². The molecular formula is C14H18ClN3O2. The molecule has 0 unspecified atom stereocenters. The number of nitrogens with one attached hydrogen (secondary N) is 1. The SMILES string of the molecule is CNCc1ccc(OC)c(OCc2ncc(Cl)n2C)c1. The lowest BCUT2D eigenvalue weighted by atomic mass is 10.2. The molecule has 1 aromatic carbocycles. The topological polar surface area (TPSA) is 48.3 Å². The Labute approximate surface area is 123 Å². The van der Waals surface area contributed by atoms with Crippen LogP contribution in [-0.4, -0.2) is 23.7 Å². The third-order valence-corrected chi connectivity index (χ3v) is 3.34. The zero-order valence-electron chi connectivity index (χ0n) is 11.8. The van der Waals surface area contributed by atoms with Gasteiger partial charge in [-0.2, -0.15) is 0 Å². The lowest BCUT2D eigenvalue weighted by Gasteiger charge is -2.12. The van der Waals surface area contributed by atoms with E-state index in [-0.39, 0.29) is 0 Å². The maximum absolute atomic E-state index is 5.95. The van der Waals surface area contributed by atoms with Crippen molar-refractivity contribution in [3.8, 4) is 11.5 Å². The van der Waals surface area contributed by atoms with Crippen molar-refractivity contribution in [3.05, 3.63) is 40.9 Å². The van der Waals surface area contributed by atoms with Crippen LogP contribution in [-0.2, 0) is 20.2 Å². The summed E-state index contributed by atoms with van der Waals surface area (Å²) in [4.78, 5) is 4.20. The summed E-state index contributed by atoms with van der Waals surface area (Å²) in [7, 11) is 5.38. The van der Waals surface area contributed by atoms with Crippen molar-refractivity contribution >= 4 is 11.6 Å². The number of hydrogen-bond acceptors (Lipinski definition) is 4. The van der Waals surface area contributed by atoms with Crippen molar-refractivity contribution < 1.29 is 9.47 Å². The molecule has 0 spiro atoms. The number of hydrogen-bond donors (Lipinski definition) is 1. The van der Waals surface area contributed by atoms with Crippen LogP contribution in [0.3, 0.4) is 0 Å². The van der Waals surface area contributed by atoms with Gasteiger partial charge >= 0.3 is 0 Å². The summed E-state index contributed by atoms with van der Waals surface area (Å²) in [5, 5.41) is 3.69. The summed E-state index contributed by atoms with van der Waals surface area (Å²) in [5.41, 5.74) is 1.13. The highest BCUT2D eigenvalue weighted by atomic mass is 35.5. The van der Waals surface area contributed by atoms with Crippen LogP contribution in [0.5, 0.6) is 11.5 Å². The number of halogens is 1. The third-order valence-electron chi connectivity index (χ3n) is 2.99. The molecule has 0 saturated carbocycles. The lowest BCUT2D eigenvalue weighted by molar-refractivity contribution is 0.273. The molecule has 0 saturated heterocycles. The standard InChI is InChI=1S/C14H18ClN3O2/c1-16-7-10-4-5-11(19-3)12(6-10)20-9-14-17-8-13(15)18(14)2/h4-6,8,16H,7,9H2,1-3H3. The van der Waals surface area contributed by atoms with Gasteiger partial charge in [-0.25, -0.2) is 4.98 Å². The van der Waals surface area contributed by atoms with Crippen LogP contribution in [0.2, 0.25) is 5.15 Å². The van der Waals surface area contributed by atoms with Crippen LogP contribution in [0.1, 0.15) is 11.4 Å². The van der Waals surface area contributed by atoms with E-state index in [0.29, 0.717) is 23.3 Å². The van der Waals surface area contributed by atoms with Gasteiger partial charge in [-0.3, -0.25) is 0 Å². The number of benzene rings is 1. The van der Waals surface area contributed by atoms with Crippen LogP contribution < -0.4 is 14.8 Å².